The van der Waals surface area contributed by atoms with E-state index < -0.39 is 0 Å². The third-order valence-corrected chi connectivity index (χ3v) is 4.04. The minimum Gasteiger partial charge on any atom is -0.324 e. The average molecular weight is 232 g/mol. The van der Waals surface area contributed by atoms with Crippen LogP contribution in [-0.4, -0.2) is 6.54 Å². The zero-order valence-corrected chi connectivity index (χ0v) is 11.2. The molecule has 94 valence electrons. The largest absolute Gasteiger partial charge is 0.324 e. The second kappa shape index (κ2) is 4.79. The van der Waals surface area contributed by atoms with Gasteiger partial charge in [-0.25, -0.2) is 0 Å². The average Bonchev–Trinajstić information content (AvgIpc) is 2.65. The van der Waals surface area contributed by atoms with Gasteiger partial charge in [0.15, 0.2) is 0 Å². The van der Waals surface area contributed by atoms with E-state index in [4.69, 9.17) is 5.73 Å². The lowest BCUT2D eigenvalue weighted by atomic mass is 9.90. The van der Waals surface area contributed by atoms with E-state index in [9.17, 15) is 0 Å². The van der Waals surface area contributed by atoms with Crippen molar-refractivity contribution >= 4 is 0 Å². The second-order valence-corrected chi connectivity index (χ2v) is 5.92. The van der Waals surface area contributed by atoms with Crippen molar-refractivity contribution in [1.82, 2.24) is 5.32 Å². The van der Waals surface area contributed by atoms with Crippen LogP contribution in [0, 0.1) is 5.41 Å². The summed E-state index contributed by atoms with van der Waals surface area (Å²) < 4.78 is 0. The quantitative estimate of drug-likeness (QED) is 0.837. The summed E-state index contributed by atoms with van der Waals surface area (Å²) >= 11 is 0. The molecule has 0 spiro atoms. The summed E-state index contributed by atoms with van der Waals surface area (Å²) in [7, 11) is 0. The number of rotatable bonds is 4. The van der Waals surface area contributed by atoms with Crippen LogP contribution in [0.5, 0.6) is 0 Å². The Morgan fingerprint density at radius 2 is 1.94 bits per heavy atom. The van der Waals surface area contributed by atoms with E-state index in [0.29, 0.717) is 11.5 Å². The number of hydrogen-bond acceptors (Lipinski definition) is 2. The van der Waals surface area contributed by atoms with Crippen LogP contribution in [0.1, 0.15) is 56.8 Å². The first-order valence-electron chi connectivity index (χ1n) is 6.61. The van der Waals surface area contributed by atoms with Crippen LogP contribution in [0.3, 0.4) is 0 Å². The number of hydrogen-bond donors (Lipinski definition) is 2. The molecule has 1 aromatic carbocycles. The van der Waals surface area contributed by atoms with Crippen LogP contribution in [0.4, 0.5) is 0 Å². The lowest BCUT2D eigenvalue weighted by molar-refractivity contribution is 0.306. The molecule has 2 rings (SSSR count). The van der Waals surface area contributed by atoms with Gasteiger partial charge in [0.05, 0.1) is 0 Å². The Morgan fingerprint density at radius 1 is 1.29 bits per heavy atom. The molecule has 3 N–H and O–H groups in total. The lowest BCUT2D eigenvalue weighted by Gasteiger charge is -2.26. The normalized spacial score (nSPS) is 23.8. The van der Waals surface area contributed by atoms with Crippen molar-refractivity contribution in [2.24, 2.45) is 11.1 Å². The van der Waals surface area contributed by atoms with Crippen LogP contribution in [-0.2, 0) is 0 Å². The molecule has 0 saturated carbocycles. The Bertz CT molecular complexity index is 384. The van der Waals surface area contributed by atoms with Crippen LogP contribution in [0.25, 0.3) is 0 Å². The molecule has 0 aromatic heterocycles. The maximum atomic E-state index is 6.17. The number of nitrogens with one attached hydrogen (secondary N) is 1. The van der Waals surface area contributed by atoms with Gasteiger partial charge in [-0.1, -0.05) is 45.0 Å². The van der Waals surface area contributed by atoms with E-state index in [1.54, 1.807) is 0 Å². The van der Waals surface area contributed by atoms with E-state index >= 15 is 0 Å². The van der Waals surface area contributed by atoms with Crippen LogP contribution < -0.4 is 11.1 Å². The van der Waals surface area contributed by atoms with Gasteiger partial charge >= 0.3 is 0 Å². The maximum absolute atomic E-state index is 6.17. The highest BCUT2D eigenvalue weighted by molar-refractivity contribution is 5.37. The fourth-order valence-electron chi connectivity index (χ4n) is 2.39. The predicted octanol–water partition coefficient (Wildman–Crippen LogP) is 3.16. The molecule has 1 aromatic rings. The minimum atomic E-state index is 0.202. The molecule has 17 heavy (non-hydrogen) atoms. The smallest absolute Gasteiger partial charge is 0.0341 e. The van der Waals surface area contributed by atoms with Crippen LogP contribution in [0.2, 0.25) is 0 Å². The molecule has 0 fully saturated rings. The molecule has 2 atom stereocenters. The van der Waals surface area contributed by atoms with E-state index in [-0.39, 0.29) is 6.04 Å². The zero-order chi connectivity index (χ0) is 12.5. The van der Waals surface area contributed by atoms with Gasteiger partial charge in [-0.2, -0.15) is 0 Å². The summed E-state index contributed by atoms with van der Waals surface area (Å²) in [6.07, 6.45) is 2.22. The SMILES string of the molecule is CCC(C)(C)CNC1CC(N)c2ccccc21. The highest BCUT2D eigenvalue weighted by Gasteiger charge is 2.28. The second-order valence-electron chi connectivity index (χ2n) is 5.92. The standard InChI is InChI=1S/C15H24N2/c1-4-15(2,3)10-17-14-9-13(16)11-7-5-6-8-12(11)14/h5-8,13-14,17H,4,9-10,16H2,1-3H3. The topological polar surface area (TPSA) is 38.0 Å². The Labute approximate surface area is 105 Å². The third kappa shape index (κ3) is 2.70. The van der Waals surface area contributed by atoms with Gasteiger partial charge in [0.25, 0.3) is 0 Å². The molecule has 1 aliphatic rings. The van der Waals surface area contributed by atoms with Crippen molar-refractivity contribution in [3.05, 3.63) is 35.4 Å². The summed E-state index contributed by atoms with van der Waals surface area (Å²) in [5.74, 6) is 0. The molecule has 0 heterocycles. The maximum Gasteiger partial charge on any atom is 0.0341 e. The van der Waals surface area contributed by atoms with Gasteiger partial charge in [0.1, 0.15) is 0 Å². The number of fused-ring (bicyclic) bond motifs is 1. The van der Waals surface area contributed by atoms with Crippen molar-refractivity contribution in [2.45, 2.75) is 45.7 Å². The Kier molecular flexibility index (Phi) is 3.55. The molecule has 2 nitrogen and oxygen atoms in total. The summed E-state index contributed by atoms with van der Waals surface area (Å²) in [5, 5.41) is 3.68. The molecular weight excluding hydrogens is 208 g/mol. The summed E-state index contributed by atoms with van der Waals surface area (Å²) in [6, 6.07) is 9.19. The molecule has 1 aliphatic carbocycles. The molecule has 0 bridgehead atoms. The lowest BCUT2D eigenvalue weighted by Crippen LogP contribution is -2.31. The van der Waals surface area contributed by atoms with Gasteiger partial charge < -0.3 is 11.1 Å². The fourth-order valence-corrected chi connectivity index (χ4v) is 2.39. The fraction of sp³-hybridized carbons (Fsp3) is 0.600. The molecular formula is C15H24N2. The summed E-state index contributed by atoms with van der Waals surface area (Å²) in [4.78, 5) is 0. The predicted molar refractivity (Wildman–Crippen MR) is 72.8 cm³/mol. The number of nitrogens with two attached hydrogens (primary N) is 1. The van der Waals surface area contributed by atoms with Crippen molar-refractivity contribution in [1.29, 1.82) is 0 Å². The van der Waals surface area contributed by atoms with Crippen molar-refractivity contribution < 1.29 is 0 Å². The van der Waals surface area contributed by atoms with Crippen LogP contribution in [0.15, 0.2) is 24.3 Å². The summed E-state index contributed by atoms with van der Waals surface area (Å²) in [5.41, 5.74) is 9.25. The zero-order valence-electron chi connectivity index (χ0n) is 11.2. The van der Waals surface area contributed by atoms with E-state index in [0.717, 1.165) is 13.0 Å². The molecule has 2 heteroatoms. The van der Waals surface area contributed by atoms with E-state index in [1.807, 2.05) is 0 Å². The Balaban J connectivity index is 2.05. The van der Waals surface area contributed by atoms with Gasteiger partial charge in [0.2, 0.25) is 0 Å². The number of benzene rings is 1. The first-order valence-corrected chi connectivity index (χ1v) is 6.61. The molecule has 0 radical (unpaired) electrons. The summed E-state index contributed by atoms with van der Waals surface area (Å²) in [6.45, 7) is 7.91. The van der Waals surface area contributed by atoms with Gasteiger partial charge in [-0.3, -0.25) is 0 Å². The molecule has 0 saturated heterocycles. The van der Waals surface area contributed by atoms with Crippen molar-refractivity contribution in [2.75, 3.05) is 6.54 Å². The van der Waals surface area contributed by atoms with Crippen molar-refractivity contribution in [3.8, 4) is 0 Å². The third-order valence-electron chi connectivity index (χ3n) is 4.04. The Morgan fingerprint density at radius 3 is 2.59 bits per heavy atom. The van der Waals surface area contributed by atoms with Crippen molar-refractivity contribution in [3.63, 3.8) is 0 Å². The highest BCUT2D eigenvalue weighted by Crippen LogP contribution is 2.37. The molecule has 0 aliphatic heterocycles. The minimum absolute atomic E-state index is 0.202. The first kappa shape index (κ1) is 12.6. The van der Waals surface area contributed by atoms with E-state index in [2.05, 4.69) is 50.4 Å². The van der Waals surface area contributed by atoms with Gasteiger partial charge in [-0.15, -0.1) is 0 Å². The monoisotopic (exact) mass is 232 g/mol. The Hall–Kier alpha value is -0.860. The van der Waals surface area contributed by atoms with Gasteiger partial charge in [-0.05, 0) is 29.4 Å². The first-order chi connectivity index (χ1) is 8.03. The van der Waals surface area contributed by atoms with Gasteiger partial charge in [0, 0.05) is 18.6 Å². The molecule has 2 unspecified atom stereocenters. The van der Waals surface area contributed by atoms with E-state index in [1.165, 1.54) is 17.5 Å². The van der Waals surface area contributed by atoms with Crippen LogP contribution >= 0.6 is 0 Å². The highest BCUT2D eigenvalue weighted by atomic mass is 14.9. The molecule has 0 amide bonds.